The molecule has 0 aromatic heterocycles. The fraction of sp³-hybridized carbons (Fsp3) is 0.533. The first kappa shape index (κ1) is 15.5. The lowest BCUT2D eigenvalue weighted by Crippen LogP contribution is -2.42. The molecule has 1 saturated heterocycles. The Morgan fingerprint density at radius 3 is 2.80 bits per heavy atom. The van der Waals surface area contributed by atoms with Gasteiger partial charge in [-0.3, -0.25) is 9.69 Å². The molecule has 1 aliphatic heterocycles. The van der Waals surface area contributed by atoms with Gasteiger partial charge in [0, 0.05) is 17.1 Å². The molecular formula is C15H22BrN3O. The van der Waals surface area contributed by atoms with Gasteiger partial charge >= 0.3 is 0 Å². The van der Waals surface area contributed by atoms with Crippen LogP contribution >= 0.6 is 15.9 Å². The molecule has 2 N–H and O–H groups in total. The van der Waals surface area contributed by atoms with E-state index in [9.17, 15) is 4.79 Å². The highest BCUT2D eigenvalue weighted by Crippen LogP contribution is 2.16. The molecule has 0 saturated carbocycles. The van der Waals surface area contributed by atoms with Crippen LogP contribution in [0.2, 0.25) is 0 Å². The molecule has 4 nitrogen and oxygen atoms in total. The third-order valence-corrected chi connectivity index (χ3v) is 4.33. The Bertz CT molecular complexity index is 443. The standard InChI is InChI=1S/C15H22BrN3O/c1-11(12-3-5-13(16)6-4-12)18-15(20)10-19(2)14-7-8-17-9-14/h3-6,11,14,17H,7-10H2,1-2H3,(H,18,20). The molecule has 1 aromatic rings. The van der Waals surface area contributed by atoms with Crippen molar-refractivity contribution in [3.8, 4) is 0 Å². The molecule has 1 amide bonds. The smallest absolute Gasteiger partial charge is 0.234 e. The second-order valence-corrected chi connectivity index (χ2v) is 6.32. The van der Waals surface area contributed by atoms with E-state index in [1.54, 1.807) is 0 Å². The quantitative estimate of drug-likeness (QED) is 0.861. The Kier molecular flexibility index (Phi) is 5.57. The topological polar surface area (TPSA) is 44.4 Å². The van der Waals surface area contributed by atoms with E-state index in [4.69, 9.17) is 0 Å². The highest BCUT2D eigenvalue weighted by Gasteiger charge is 2.21. The molecule has 110 valence electrons. The highest BCUT2D eigenvalue weighted by molar-refractivity contribution is 9.10. The minimum Gasteiger partial charge on any atom is -0.348 e. The molecule has 0 spiro atoms. The largest absolute Gasteiger partial charge is 0.348 e. The first-order valence-corrected chi connectivity index (χ1v) is 7.81. The fourth-order valence-corrected chi connectivity index (χ4v) is 2.76. The average Bonchev–Trinajstić information content (AvgIpc) is 2.93. The lowest BCUT2D eigenvalue weighted by Gasteiger charge is -2.24. The summed E-state index contributed by atoms with van der Waals surface area (Å²) in [6.45, 7) is 4.49. The number of carbonyl (C=O) groups is 1. The summed E-state index contributed by atoms with van der Waals surface area (Å²) in [7, 11) is 2.02. The molecule has 0 aliphatic carbocycles. The van der Waals surface area contributed by atoms with Gasteiger partial charge in [-0.25, -0.2) is 0 Å². The predicted molar refractivity (Wildman–Crippen MR) is 84.6 cm³/mol. The summed E-state index contributed by atoms with van der Waals surface area (Å²) in [5, 5.41) is 6.37. The molecule has 2 unspecified atom stereocenters. The van der Waals surface area contributed by atoms with Crippen LogP contribution in [0.3, 0.4) is 0 Å². The van der Waals surface area contributed by atoms with Gasteiger partial charge in [0.05, 0.1) is 12.6 Å². The Hall–Kier alpha value is -0.910. The molecule has 1 heterocycles. The number of rotatable bonds is 5. The van der Waals surface area contributed by atoms with Crippen molar-refractivity contribution in [2.24, 2.45) is 0 Å². The summed E-state index contributed by atoms with van der Waals surface area (Å²) in [6, 6.07) is 8.55. The minimum atomic E-state index is 0.0331. The Labute approximate surface area is 129 Å². The van der Waals surface area contributed by atoms with Crippen molar-refractivity contribution in [2.45, 2.75) is 25.4 Å². The monoisotopic (exact) mass is 339 g/mol. The lowest BCUT2D eigenvalue weighted by molar-refractivity contribution is -0.123. The molecule has 2 rings (SSSR count). The van der Waals surface area contributed by atoms with Gasteiger partial charge in [-0.1, -0.05) is 28.1 Å². The van der Waals surface area contributed by atoms with Crippen molar-refractivity contribution in [1.29, 1.82) is 0 Å². The number of nitrogens with zero attached hydrogens (tertiary/aromatic N) is 1. The van der Waals surface area contributed by atoms with E-state index < -0.39 is 0 Å². The van der Waals surface area contributed by atoms with E-state index in [1.165, 1.54) is 0 Å². The third-order valence-electron chi connectivity index (χ3n) is 3.80. The van der Waals surface area contributed by atoms with Crippen molar-refractivity contribution in [2.75, 3.05) is 26.7 Å². The van der Waals surface area contributed by atoms with E-state index in [0.29, 0.717) is 12.6 Å². The fourth-order valence-electron chi connectivity index (χ4n) is 2.49. The molecule has 1 fully saturated rings. The maximum Gasteiger partial charge on any atom is 0.234 e. The molecule has 5 heteroatoms. The SMILES string of the molecule is CC(NC(=O)CN(C)C1CCNC1)c1ccc(Br)cc1. The summed E-state index contributed by atoms with van der Waals surface area (Å²) in [6.07, 6.45) is 1.12. The number of likely N-dealkylation sites (N-methyl/N-ethyl adjacent to an activating group) is 1. The van der Waals surface area contributed by atoms with Crippen LogP contribution in [-0.2, 0) is 4.79 Å². The van der Waals surface area contributed by atoms with Gasteiger partial charge < -0.3 is 10.6 Å². The summed E-state index contributed by atoms with van der Waals surface area (Å²) in [5.74, 6) is 0.0785. The van der Waals surface area contributed by atoms with Gasteiger partial charge in [0.1, 0.15) is 0 Å². The van der Waals surface area contributed by atoms with Crippen LogP contribution in [0.1, 0.15) is 24.9 Å². The summed E-state index contributed by atoms with van der Waals surface area (Å²) in [4.78, 5) is 14.2. The number of halogens is 1. The third kappa shape index (κ3) is 4.30. The molecule has 0 bridgehead atoms. The van der Waals surface area contributed by atoms with E-state index >= 15 is 0 Å². The van der Waals surface area contributed by atoms with Crippen LogP contribution in [-0.4, -0.2) is 43.5 Å². The summed E-state index contributed by atoms with van der Waals surface area (Å²) in [5.41, 5.74) is 1.12. The van der Waals surface area contributed by atoms with Crippen molar-refractivity contribution >= 4 is 21.8 Å². The molecule has 1 aromatic carbocycles. The minimum absolute atomic E-state index is 0.0331. The van der Waals surface area contributed by atoms with Crippen LogP contribution in [0.5, 0.6) is 0 Å². The van der Waals surface area contributed by atoms with Crippen LogP contribution in [0, 0.1) is 0 Å². The van der Waals surface area contributed by atoms with Gasteiger partial charge in [-0.15, -0.1) is 0 Å². The van der Waals surface area contributed by atoms with E-state index in [1.807, 2.05) is 38.2 Å². The number of carbonyl (C=O) groups excluding carboxylic acids is 1. The van der Waals surface area contributed by atoms with Gasteiger partial charge in [0.2, 0.25) is 5.91 Å². The van der Waals surface area contributed by atoms with Gasteiger partial charge in [0.15, 0.2) is 0 Å². The van der Waals surface area contributed by atoms with Crippen molar-refractivity contribution in [1.82, 2.24) is 15.5 Å². The van der Waals surface area contributed by atoms with Crippen LogP contribution < -0.4 is 10.6 Å². The molecule has 1 aliphatic rings. The maximum atomic E-state index is 12.1. The highest BCUT2D eigenvalue weighted by atomic mass is 79.9. The number of nitrogens with one attached hydrogen (secondary N) is 2. The van der Waals surface area contributed by atoms with E-state index in [-0.39, 0.29) is 11.9 Å². The zero-order chi connectivity index (χ0) is 14.5. The summed E-state index contributed by atoms with van der Waals surface area (Å²) < 4.78 is 1.05. The van der Waals surface area contributed by atoms with Crippen LogP contribution in [0.25, 0.3) is 0 Å². The zero-order valence-corrected chi connectivity index (χ0v) is 13.6. The zero-order valence-electron chi connectivity index (χ0n) is 12.0. The first-order chi connectivity index (χ1) is 9.56. The van der Waals surface area contributed by atoms with Gasteiger partial charge in [-0.05, 0) is 44.6 Å². The second-order valence-electron chi connectivity index (χ2n) is 5.40. The molecule has 0 radical (unpaired) electrons. The number of amides is 1. The average molecular weight is 340 g/mol. The number of hydrogen-bond donors (Lipinski definition) is 2. The maximum absolute atomic E-state index is 12.1. The van der Waals surface area contributed by atoms with Gasteiger partial charge in [0.25, 0.3) is 0 Å². The van der Waals surface area contributed by atoms with Crippen molar-refractivity contribution in [3.05, 3.63) is 34.3 Å². The Morgan fingerprint density at radius 1 is 1.50 bits per heavy atom. The van der Waals surface area contributed by atoms with Crippen LogP contribution in [0.4, 0.5) is 0 Å². The van der Waals surface area contributed by atoms with Crippen molar-refractivity contribution < 1.29 is 4.79 Å². The lowest BCUT2D eigenvalue weighted by atomic mass is 10.1. The molecule has 20 heavy (non-hydrogen) atoms. The Balaban J connectivity index is 1.82. The molecule has 2 atom stereocenters. The van der Waals surface area contributed by atoms with Crippen molar-refractivity contribution in [3.63, 3.8) is 0 Å². The first-order valence-electron chi connectivity index (χ1n) is 7.02. The molecular weight excluding hydrogens is 318 g/mol. The van der Waals surface area contributed by atoms with Gasteiger partial charge in [-0.2, -0.15) is 0 Å². The van der Waals surface area contributed by atoms with E-state index in [2.05, 4.69) is 31.5 Å². The number of benzene rings is 1. The second kappa shape index (κ2) is 7.20. The normalized spacial score (nSPS) is 20.1. The van der Waals surface area contributed by atoms with E-state index in [0.717, 1.165) is 29.5 Å². The Morgan fingerprint density at radius 2 is 2.20 bits per heavy atom. The number of hydrogen-bond acceptors (Lipinski definition) is 3. The predicted octanol–water partition coefficient (Wildman–Crippen LogP) is 1.92. The summed E-state index contributed by atoms with van der Waals surface area (Å²) >= 11 is 3.42. The van der Waals surface area contributed by atoms with Crippen LogP contribution in [0.15, 0.2) is 28.7 Å².